The van der Waals surface area contributed by atoms with Crippen LogP contribution in [-0.4, -0.2) is 49.3 Å². The van der Waals surface area contributed by atoms with Crippen LogP contribution in [0.5, 0.6) is 5.75 Å². The second kappa shape index (κ2) is 11.0. The van der Waals surface area contributed by atoms with Gasteiger partial charge < -0.3 is 14.8 Å². The van der Waals surface area contributed by atoms with Crippen LogP contribution in [0.3, 0.4) is 0 Å². The Morgan fingerprint density at radius 1 is 1.14 bits per heavy atom. The van der Waals surface area contributed by atoms with Gasteiger partial charge in [0, 0.05) is 18.8 Å². The highest BCUT2D eigenvalue weighted by molar-refractivity contribution is 5.97. The molecule has 1 aromatic rings. The fourth-order valence-electron chi connectivity index (χ4n) is 4.56. The van der Waals surface area contributed by atoms with Crippen molar-refractivity contribution < 1.29 is 14.3 Å². The van der Waals surface area contributed by atoms with E-state index in [-0.39, 0.29) is 5.91 Å². The Bertz CT molecular complexity index is 628. The average Bonchev–Trinajstić information content (AvgIpc) is 2.74. The second-order valence-electron chi connectivity index (χ2n) is 8.77. The molecule has 162 valence electrons. The van der Waals surface area contributed by atoms with Crippen molar-refractivity contribution in [1.29, 1.82) is 0 Å². The number of hydrogen-bond donors (Lipinski definition) is 1. The van der Waals surface area contributed by atoms with E-state index in [1.54, 1.807) is 0 Å². The van der Waals surface area contributed by atoms with Gasteiger partial charge in [0.05, 0.1) is 0 Å². The summed E-state index contributed by atoms with van der Waals surface area (Å²) in [5.74, 6) is 1.36. The maximum Gasteiger partial charge on any atom is 0.256 e. The fourth-order valence-corrected chi connectivity index (χ4v) is 4.56. The van der Waals surface area contributed by atoms with E-state index in [0.29, 0.717) is 19.1 Å². The number of benzene rings is 1. The Hall–Kier alpha value is -1.59. The van der Waals surface area contributed by atoms with Crippen LogP contribution in [0.15, 0.2) is 24.3 Å². The number of rotatable bonds is 9. The summed E-state index contributed by atoms with van der Waals surface area (Å²) in [7, 11) is 0. The van der Waals surface area contributed by atoms with Crippen molar-refractivity contribution in [3.63, 3.8) is 0 Å². The number of carbonyl (C=O) groups excluding carboxylic acids is 1. The van der Waals surface area contributed by atoms with E-state index in [1.807, 2.05) is 24.3 Å². The Balaban J connectivity index is 1.51. The zero-order valence-corrected chi connectivity index (χ0v) is 18.3. The van der Waals surface area contributed by atoms with Crippen LogP contribution in [0.25, 0.3) is 0 Å². The molecule has 1 saturated carbocycles. The number of nitrogens with one attached hydrogen (secondary N) is 1. The lowest BCUT2D eigenvalue weighted by Gasteiger charge is -2.38. The molecule has 0 aromatic heterocycles. The first-order valence-corrected chi connectivity index (χ1v) is 11.5. The van der Waals surface area contributed by atoms with E-state index >= 15 is 0 Å². The van der Waals surface area contributed by atoms with Gasteiger partial charge in [-0.2, -0.15) is 0 Å². The van der Waals surface area contributed by atoms with E-state index in [0.717, 1.165) is 43.7 Å². The van der Waals surface area contributed by atoms with E-state index in [2.05, 4.69) is 24.1 Å². The van der Waals surface area contributed by atoms with Crippen LogP contribution in [0.1, 0.15) is 65.2 Å². The SMILES string of the molecule is CCCO[C@]1(C(=O)Nc2ccc(OCCN3CCCCC3)cc2)CCC[C@@H](C)C1. The lowest BCUT2D eigenvalue weighted by molar-refractivity contribution is -0.148. The topological polar surface area (TPSA) is 50.8 Å². The second-order valence-corrected chi connectivity index (χ2v) is 8.77. The van der Waals surface area contributed by atoms with E-state index in [9.17, 15) is 4.79 Å². The summed E-state index contributed by atoms with van der Waals surface area (Å²) in [6.07, 6.45) is 8.71. The highest BCUT2D eigenvalue weighted by atomic mass is 16.5. The molecule has 2 fully saturated rings. The zero-order chi connectivity index (χ0) is 20.5. The van der Waals surface area contributed by atoms with Gasteiger partial charge in [-0.25, -0.2) is 0 Å². The predicted octanol–water partition coefficient (Wildman–Crippen LogP) is 4.87. The zero-order valence-electron chi connectivity index (χ0n) is 18.3. The third-order valence-electron chi connectivity index (χ3n) is 6.19. The molecule has 1 aliphatic heterocycles. The molecule has 0 radical (unpaired) electrons. The standard InChI is InChI=1S/C24H38N2O3/c1-3-17-29-24(13-7-8-20(2)19-24)23(27)25-21-9-11-22(12-10-21)28-18-16-26-14-5-4-6-15-26/h9-12,20H,3-8,13-19H2,1-2H3,(H,25,27)/t20-,24-/m1/s1. The molecule has 1 aliphatic carbocycles. The number of amides is 1. The molecule has 0 bridgehead atoms. The number of likely N-dealkylation sites (tertiary alicyclic amines) is 1. The van der Waals surface area contributed by atoms with Gasteiger partial charge in [0.15, 0.2) is 0 Å². The Kier molecular flexibility index (Phi) is 8.37. The molecule has 1 N–H and O–H groups in total. The van der Waals surface area contributed by atoms with Gasteiger partial charge in [-0.15, -0.1) is 0 Å². The summed E-state index contributed by atoms with van der Waals surface area (Å²) in [6.45, 7) is 8.99. The van der Waals surface area contributed by atoms with Crippen molar-refractivity contribution in [2.75, 3.05) is 38.2 Å². The molecule has 1 heterocycles. The molecular formula is C24H38N2O3. The van der Waals surface area contributed by atoms with E-state index in [4.69, 9.17) is 9.47 Å². The first-order valence-electron chi connectivity index (χ1n) is 11.5. The fraction of sp³-hybridized carbons (Fsp3) is 0.708. The smallest absolute Gasteiger partial charge is 0.256 e. The molecule has 29 heavy (non-hydrogen) atoms. The van der Waals surface area contributed by atoms with Gasteiger partial charge in [0.2, 0.25) is 0 Å². The normalized spacial score (nSPS) is 25.5. The maximum absolute atomic E-state index is 13.1. The van der Waals surface area contributed by atoms with Gasteiger partial charge in [0.1, 0.15) is 18.0 Å². The predicted molar refractivity (Wildman–Crippen MR) is 117 cm³/mol. The van der Waals surface area contributed by atoms with Gasteiger partial charge in [-0.05, 0) is 81.8 Å². The van der Waals surface area contributed by atoms with Crippen molar-refractivity contribution in [1.82, 2.24) is 4.90 Å². The minimum absolute atomic E-state index is 0.00346. The highest BCUT2D eigenvalue weighted by Crippen LogP contribution is 2.36. The molecule has 5 nitrogen and oxygen atoms in total. The molecule has 3 rings (SSSR count). The van der Waals surface area contributed by atoms with Crippen molar-refractivity contribution in [2.24, 2.45) is 5.92 Å². The molecule has 1 amide bonds. The average molecular weight is 403 g/mol. The summed E-state index contributed by atoms with van der Waals surface area (Å²) in [5, 5.41) is 3.09. The molecule has 1 saturated heterocycles. The van der Waals surface area contributed by atoms with Gasteiger partial charge >= 0.3 is 0 Å². The van der Waals surface area contributed by atoms with Crippen LogP contribution < -0.4 is 10.1 Å². The van der Waals surface area contributed by atoms with Crippen molar-refractivity contribution in [2.45, 2.75) is 70.8 Å². The molecule has 0 unspecified atom stereocenters. The van der Waals surface area contributed by atoms with Crippen molar-refractivity contribution in [3.8, 4) is 5.75 Å². The molecular weight excluding hydrogens is 364 g/mol. The number of carbonyl (C=O) groups is 1. The minimum Gasteiger partial charge on any atom is -0.492 e. The number of anilines is 1. The van der Waals surface area contributed by atoms with E-state index < -0.39 is 5.60 Å². The first-order chi connectivity index (χ1) is 14.1. The molecule has 1 aromatic carbocycles. The van der Waals surface area contributed by atoms with Crippen LogP contribution >= 0.6 is 0 Å². The highest BCUT2D eigenvalue weighted by Gasteiger charge is 2.42. The van der Waals surface area contributed by atoms with Crippen LogP contribution in [0, 0.1) is 5.92 Å². The molecule has 5 heteroatoms. The number of ether oxygens (including phenoxy) is 2. The lowest BCUT2D eigenvalue weighted by atomic mass is 9.78. The minimum atomic E-state index is -0.683. The number of piperidine rings is 1. The summed E-state index contributed by atoms with van der Waals surface area (Å²) >= 11 is 0. The summed E-state index contributed by atoms with van der Waals surface area (Å²) in [6, 6.07) is 7.73. The molecule has 2 aliphatic rings. The van der Waals surface area contributed by atoms with Crippen molar-refractivity contribution in [3.05, 3.63) is 24.3 Å². The Morgan fingerprint density at radius 3 is 2.59 bits per heavy atom. The van der Waals surface area contributed by atoms with E-state index in [1.165, 1.54) is 38.8 Å². The first kappa shape index (κ1) is 22.1. The number of hydrogen-bond acceptors (Lipinski definition) is 4. The molecule has 0 spiro atoms. The van der Waals surface area contributed by atoms with Gasteiger partial charge in [0.25, 0.3) is 5.91 Å². The number of nitrogens with zero attached hydrogens (tertiary/aromatic N) is 1. The lowest BCUT2D eigenvalue weighted by Crippen LogP contribution is -2.48. The van der Waals surface area contributed by atoms with Crippen LogP contribution in [-0.2, 0) is 9.53 Å². The third kappa shape index (κ3) is 6.45. The summed E-state index contributed by atoms with van der Waals surface area (Å²) < 4.78 is 12.0. The summed E-state index contributed by atoms with van der Waals surface area (Å²) in [4.78, 5) is 15.6. The monoisotopic (exact) mass is 402 g/mol. The van der Waals surface area contributed by atoms with Gasteiger partial charge in [-0.3, -0.25) is 9.69 Å². The maximum atomic E-state index is 13.1. The Labute approximate surface area is 176 Å². The van der Waals surface area contributed by atoms with Crippen LogP contribution in [0.2, 0.25) is 0 Å². The van der Waals surface area contributed by atoms with Gasteiger partial charge in [-0.1, -0.05) is 26.7 Å². The molecule has 2 atom stereocenters. The largest absolute Gasteiger partial charge is 0.492 e. The summed E-state index contributed by atoms with van der Waals surface area (Å²) in [5.41, 5.74) is 0.119. The van der Waals surface area contributed by atoms with Crippen molar-refractivity contribution >= 4 is 11.6 Å². The Morgan fingerprint density at radius 2 is 1.90 bits per heavy atom. The third-order valence-corrected chi connectivity index (χ3v) is 6.19. The quantitative estimate of drug-likeness (QED) is 0.640. The van der Waals surface area contributed by atoms with Crippen LogP contribution in [0.4, 0.5) is 5.69 Å².